The zero-order valence-corrected chi connectivity index (χ0v) is 11.1. The summed E-state index contributed by atoms with van der Waals surface area (Å²) in [6.45, 7) is 0.897. The molecule has 2 heterocycles. The van der Waals surface area contributed by atoms with Crippen molar-refractivity contribution >= 4 is 11.3 Å². The Kier molecular flexibility index (Phi) is 2.51. The summed E-state index contributed by atoms with van der Waals surface area (Å²) in [6.07, 6.45) is 9.52. The molecule has 0 saturated carbocycles. The van der Waals surface area contributed by atoms with Gasteiger partial charge in [0.25, 0.3) is 0 Å². The average Bonchev–Trinajstić information content (AvgIpc) is 2.55. The van der Waals surface area contributed by atoms with Crippen LogP contribution in [0.2, 0.25) is 0 Å². The molecular formula is C19H14N+. The molecule has 0 atom stereocenters. The highest BCUT2D eigenvalue weighted by Crippen LogP contribution is 2.20. The molecule has 2 aliphatic rings. The summed E-state index contributed by atoms with van der Waals surface area (Å²) in [5, 5.41) is 2.58. The standard InChI is InChI=1S/C19H14N/c1-2-8-15(9-3-1)18-14-20-13-7-6-12-19(20)17-11-5-4-10-16(17)18/h1-11,13H,14H2/q+1. The molecule has 94 valence electrons. The van der Waals surface area contributed by atoms with Crippen LogP contribution in [0.15, 0.2) is 72.9 Å². The summed E-state index contributed by atoms with van der Waals surface area (Å²) in [5.41, 5.74) is 3.84. The van der Waals surface area contributed by atoms with Crippen LogP contribution in [-0.4, -0.2) is 11.4 Å². The predicted octanol–water partition coefficient (Wildman–Crippen LogP) is 2.20. The summed E-state index contributed by atoms with van der Waals surface area (Å²) in [7, 11) is 0. The highest BCUT2D eigenvalue weighted by molar-refractivity contribution is 5.73. The molecule has 2 aromatic rings. The molecule has 0 bridgehead atoms. The van der Waals surface area contributed by atoms with Crippen LogP contribution in [-0.2, 0) is 0 Å². The largest absolute Gasteiger partial charge is 0.302 e. The Labute approximate surface area is 118 Å². The lowest BCUT2D eigenvalue weighted by Gasteiger charge is -2.23. The summed E-state index contributed by atoms with van der Waals surface area (Å²) >= 11 is 0. The maximum atomic E-state index is 3.37. The van der Waals surface area contributed by atoms with E-state index in [1.54, 1.807) is 0 Å². The molecule has 4 rings (SSSR count). The van der Waals surface area contributed by atoms with Gasteiger partial charge < -0.3 is 4.90 Å². The first-order chi connectivity index (χ1) is 9.93. The fourth-order valence-corrected chi connectivity index (χ4v) is 2.89. The number of rotatable bonds is 1. The second-order valence-corrected chi connectivity index (χ2v) is 5.02. The summed E-state index contributed by atoms with van der Waals surface area (Å²) in [6, 6.07) is 19.2. The van der Waals surface area contributed by atoms with Crippen LogP contribution in [0, 0.1) is 6.08 Å². The SMILES string of the molecule is [C+]1=CC=CN2CC(c3ccccc3)=c3ccccc3=C12. The fraction of sp³-hybridized carbons (Fsp3) is 0.0526. The van der Waals surface area contributed by atoms with Gasteiger partial charge in [0.15, 0.2) is 0 Å². The first kappa shape index (κ1) is 11.2. The van der Waals surface area contributed by atoms with Crippen molar-refractivity contribution in [2.45, 2.75) is 0 Å². The van der Waals surface area contributed by atoms with Gasteiger partial charge in [-0.3, -0.25) is 0 Å². The lowest BCUT2D eigenvalue weighted by Crippen LogP contribution is -2.41. The van der Waals surface area contributed by atoms with Crippen molar-refractivity contribution < 1.29 is 0 Å². The molecule has 0 N–H and O–H groups in total. The molecule has 0 aliphatic carbocycles. The van der Waals surface area contributed by atoms with Gasteiger partial charge in [-0.2, -0.15) is 0 Å². The average molecular weight is 256 g/mol. The minimum atomic E-state index is 0.897. The molecule has 0 unspecified atom stereocenters. The summed E-state index contributed by atoms with van der Waals surface area (Å²) in [5.74, 6) is 0. The van der Waals surface area contributed by atoms with E-state index in [2.05, 4.69) is 71.8 Å². The van der Waals surface area contributed by atoms with E-state index < -0.39 is 0 Å². The van der Waals surface area contributed by atoms with E-state index in [1.807, 2.05) is 12.2 Å². The second-order valence-electron chi connectivity index (χ2n) is 5.02. The van der Waals surface area contributed by atoms with Crippen molar-refractivity contribution in [2.75, 3.05) is 6.54 Å². The Morgan fingerprint density at radius 1 is 0.850 bits per heavy atom. The predicted molar refractivity (Wildman–Crippen MR) is 81.7 cm³/mol. The van der Waals surface area contributed by atoms with Crippen LogP contribution in [0.1, 0.15) is 5.56 Å². The van der Waals surface area contributed by atoms with E-state index >= 15 is 0 Å². The van der Waals surface area contributed by atoms with E-state index in [9.17, 15) is 0 Å². The monoisotopic (exact) mass is 256 g/mol. The van der Waals surface area contributed by atoms with Crippen molar-refractivity contribution in [1.29, 1.82) is 0 Å². The number of allylic oxidation sites excluding steroid dienone is 2. The third kappa shape index (κ3) is 1.69. The van der Waals surface area contributed by atoms with E-state index in [0.29, 0.717) is 0 Å². The first-order valence-corrected chi connectivity index (χ1v) is 6.84. The van der Waals surface area contributed by atoms with Crippen LogP contribution in [0.5, 0.6) is 0 Å². The molecule has 2 aromatic carbocycles. The molecular weight excluding hydrogens is 242 g/mol. The molecule has 0 fully saturated rings. The van der Waals surface area contributed by atoms with E-state index in [-0.39, 0.29) is 0 Å². The number of hydrogen-bond acceptors (Lipinski definition) is 1. The Bertz CT molecular complexity index is 826. The highest BCUT2D eigenvalue weighted by Gasteiger charge is 2.23. The molecule has 1 nitrogen and oxygen atoms in total. The molecule has 0 spiro atoms. The molecule has 2 aliphatic heterocycles. The lowest BCUT2D eigenvalue weighted by atomic mass is 9.97. The first-order valence-electron chi connectivity index (χ1n) is 6.84. The zero-order valence-electron chi connectivity index (χ0n) is 11.1. The van der Waals surface area contributed by atoms with Crippen LogP contribution in [0.25, 0.3) is 11.3 Å². The van der Waals surface area contributed by atoms with Crippen molar-refractivity contribution in [3.05, 3.63) is 95.0 Å². The van der Waals surface area contributed by atoms with Crippen LogP contribution in [0.3, 0.4) is 0 Å². The quantitative estimate of drug-likeness (QED) is 0.707. The van der Waals surface area contributed by atoms with Crippen molar-refractivity contribution in [2.24, 2.45) is 0 Å². The third-order valence-electron chi connectivity index (χ3n) is 3.83. The number of fused-ring (bicyclic) bond motifs is 2. The van der Waals surface area contributed by atoms with E-state index in [0.717, 1.165) is 6.54 Å². The fourth-order valence-electron chi connectivity index (χ4n) is 2.89. The second kappa shape index (κ2) is 4.48. The van der Waals surface area contributed by atoms with Gasteiger partial charge in [-0.15, -0.1) is 0 Å². The lowest BCUT2D eigenvalue weighted by molar-refractivity contribution is 0.586. The molecule has 0 saturated heterocycles. The number of nitrogens with zero attached hydrogens (tertiary/aromatic N) is 1. The van der Waals surface area contributed by atoms with Gasteiger partial charge in [-0.25, -0.2) is 0 Å². The highest BCUT2D eigenvalue weighted by atomic mass is 15.1. The Balaban J connectivity index is 2.09. The molecule has 0 aromatic heterocycles. The summed E-state index contributed by atoms with van der Waals surface area (Å²) in [4.78, 5) is 2.27. The molecule has 20 heavy (non-hydrogen) atoms. The Morgan fingerprint density at radius 3 is 2.45 bits per heavy atom. The van der Waals surface area contributed by atoms with Crippen molar-refractivity contribution in [3.8, 4) is 0 Å². The Hall–Kier alpha value is -2.63. The van der Waals surface area contributed by atoms with Crippen molar-refractivity contribution in [1.82, 2.24) is 4.90 Å². The maximum absolute atomic E-state index is 3.37. The van der Waals surface area contributed by atoms with Gasteiger partial charge in [-0.1, -0.05) is 36.4 Å². The van der Waals surface area contributed by atoms with Gasteiger partial charge >= 0.3 is 0 Å². The smallest absolute Gasteiger partial charge is 0.217 e. The van der Waals surface area contributed by atoms with Crippen LogP contribution < -0.4 is 10.4 Å². The molecule has 1 heteroatoms. The Morgan fingerprint density at radius 2 is 1.60 bits per heavy atom. The van der Waals surface area contributed by atoms with Crippen LogP contribution in [0.4, 0.5) is 0 Å². The van der Waals surface area contributed by atoms with E-state index in [1.165, 1.54) is 27.3 Å². The normalized spacial score (nSPS) is 15.7. The minimum Gasteiger partial charge on any atom is -0.302 e. The number of benzene rings is 2. The minimum absolute atomic E-state index is 0.897. The van der Waals surface area contributed by atoms with E-state index in [4.69, 9.17) is 0 Å². The van der Waals surface area contributed by atoms with Gasteiger partial charge in [-0.05, 0) is 17.7 Å². The third-order valence-corrected chi connectivity index (χ3v) is 3.83. The molecule has 0 radical (unpaired) electrons. The van der Waals surface area contributed by atoms with Gasteiger partial charge in [0.2, 0.25) is 5.70 Å². The van der Waals surface area contributed by atoms with Gasteiger partial charge in [0.05, 0.1) is 24.9 Å². The zero-order chi connectivity index (χ0) is 13.4. The number of hydrogen-bond donors (Lipinski definition) is 0. The summed E-state index contributed by atoms with van der Waals surface area (Å²) < 4.78 is 0. The van der Waals surface area contributed by atoms with Crippen LogP contribution >= 0.6 is 0 Å². The van der Waals surface area contributed by atoms with Crippen molar-refractivity contribution in [3.63, 3.8) is 0 Å². The topological polar surface area (TPSA) is 3.24 Å². The molecule has 0 amide bonds. The maximum Gasteiger partial charge on any atom is 0.217 e. The van der Waals surface area contributed by atoms with Gasteiger partial charge in [0, 0.05) is 16.9 Å². The van der Waals surface area contributed by atoms with Gasteiger partial charge in [0.1, 0.15) is 11.3 Å².